The first kappa shape index (κ1) is 14.8. The molecule has 7 heteroatoms. The van der Waals surface area contributed by atoms with Crippen LogP contribution < -0.4 is 16.2 Å². The van der Waals surface area contributed by atoms with Gasteiger partial charge in [0.15, 0.2) is 0 Å². The first-order valence-electron chi connectivity index (χ1n) is 6.01. The van der Waals surface area contributed by atoms with Gasteiger partial charge in [-0.1, -0.05) is 6.07 Å². The van der Waals surface area contributed by atoms with Gasteiger partial charge in [0.25, 0.3) is 0 Å². The number of anilines is 3. The van der Waals surface area contributed by atoms with E-state index in [1.54, 1.807) is 12.1 Å². The Hall–Kier alpha value is -2.56. The first-order valence-corrected chi connectivity index (χ1v) is 7.56. The molecule has 0 bridgehead atoms. The lowest BCUT2D eigenvalue weighted by molar-refractivity contribution is 0.598. The highest BCUT2D eigenvalue weighted by Crippen LogP contribution is 2.27. The number of sulfonamides is 1. The Labute approximate surface area is 123 Å². The predicted molar refractivity (Wildman–Crippen MR) is 81.4 cm³/mol. The molecule has 5 N–H and O–H groups in total. The number of nitriles is 1. The van der Waals surface area contributed by atoms with Crippen LogP contribution in [0.3, 0.4) is 0 Å². The van der Waals surface area contributed by atoms with Crippen molar-refractivity contribution in [3.05, 3.63) is 47.5 Å². The minimum absolute atomic E-state index is 0.0481. The molecule has 2 aromatic carbocycles. The van der Waals surface area contributed by atoms with Gasteiger partial charge in [-0.05, 0) is 42.8 Å². The van der Waals surface area contributed by atoms with Crippen molar-refractivity contribution < 1.29 is 8.42 Å². The third kappa shape index (κ3) is 3.31. The number of aryl methyl sites for hydroxylation is 1. The van der Waals surface area contributed by atoms with Gasteiger partial charge in [-0.3, -0.25) is 0 Å². The molecule has 0 amide bonds. The van der Waals surface area contributed by atoms with Crippen LogP contribution in [0.1, 0.15) is 11.1 Å². The second-order valence-corrected chi connectivity index (χ2v) is 6.12. The molecule has 0 aliphatic carbocycles. The minimum Gasteiger partial charge on any atom is -0.397 e. The zero-order valence-corrected chi connectivity index (χ0v) is 12.1. The maximum atomic E-state index is 11.3. The van der Waals surface area contributed by atoms with E-state index in [1.165, 1.54) is 18.2 Å². The second-order valence-electron chi connectivity index (χ2n) is 4.56. The summed E-state index contributed by atoms with van der Waals surface area (Å²) in [5.41, 5.74) is 8.81. The van der Waals surface area contributed by atoms with Crippen LogP contribution in [0.15, 0.2) is 41.3 Å². The van der Waals surface area contributed by atoms with Crippen LogP contribution >= 0.6 is 0 Å². The summed E-state index contributed by atoms with van der Waals surface area (Å²) in [7, 11) is -3.78. The lowest BCUT2D eigenvalue weighted by Gasteiger charge is -2.13. The summed E-state index contributed by atoms with van der Waals surface area (Å²) < 4.78 is 22.5. The van der Waals surface area contributed by atoms with Gasteiger partial charge in [0, 0.05) is 5.69 Å². The molecule has 0 atom stereocenters. The second kappa shape index (κ2) is 5.44. The van der Waals surface area contributed by atoms with E-state index in [2.05, 4.69) is 11.4 Å². The Morgan fingerprint density at radius 3 is 2.43 bits per heavy atom. The Bertz CT molecular complexity index is 839. The summed E-state index contributed by atoms with van der Waals surface area (Å²) in [4.78, 5) is -0.0481. The number of hydrogen-bond acceptors (Lipinski definition) is 5. The molecule has 0 unspecified atom stereocenters. The topological polar surface area (TPSA) is 122 Å². The van der Waals surface area contributed by atoms with Crippen molar-refractivity contribution in [1.82, 2.24) is 0 Å². The fraction of sp³-hybridized carbons (Fsp3) is 0.0714. The lowest BCUT2D eigenvalue weighted by Crippen LogP contribution is -2.12. The number of nitrogens with two attached hydrogens (primary N) is 2. The first-order chi connectivity index (χ1) is 9.81. The van der Waals surface area contributed by atoms with Gasteiger partial charge < -0.3 is 11.1 Å². The van der Waals surface area contributed by atoms with Crippen molar-refractivity contribution in [3.8, 4) is 6.07 Å². The van der Waals surface area contributed by atoms with Crippen molar-refractivity contribution in [1.29, 1.82) is 5.26 Å². The molecule has 0 saturated heterocycles. The molecule has 0 spiro atoms. The molecule has 0 aliphatic heterocycles. The Kier molecular flexibility index (Phi) is 3.84. The SMILES string of the molecule is Cc1ccc(C#N)cc1Nc1ccc(S(N)(=O)=O)cc1N. The van der Waals surface area contributed by atoms with E-state index in [-0.39, 0.29) is 10.6 Å². The maximum Gasteiger partial charge on any atom is 0.238 e. The lowest BCUT2D eigenvalue weighted by atomic mass is 10.1. The Morgan fingerprint density at radius 2 is 1.86 bits per heavy atom. The molecule has 0 aliphatic rings. The van der Waals surface area contributed by atoms with Crippen LogP contribution in [0.25, 0.3) is 0 Å². The van der Waals surface area contributed by atoms with E-state index in [1.807, 2.05) is 13.0 Å². The summed E-state index contributed by atoms with van der Waals surface area (Å²) in [6.07, 6.45) is 0. The molecule has 0 fully saturated rings. The molecule has 6 nitrogen and oxygen atoms in total. The van der Waals surface area contributed by atoms with Crippen molar-refractivity contribution in [2.75, 3.05) is 11.1 Å². The zero-order valence-electron chi connectivity index (χ0n) is 11.3. The largest absolute Gasteiger partial charge is 0.397 e. The summed E-state index contributed by atoms with van der Waals surface area (Å²) in [6.45, 7) is 1.89. The van der Waals surface area contributed by atoms with Crippen LogP contribution in [-0.2, 0) is 10.0 Å². The molecular formula is C14H14N4O2S. The van der Waals surface area contributed by atoms with E-state index < -0.39 is 10.0 Å². The standard InChI is InChI=1S/C14H14N4O2S/c1-9-2-3-10(8-15)6-14(9)18-13-5-4-11(7-12(13)16)21(17,19)20/h2-7,18H,16H2,1H3,(H2,17,19,20). The number of primary sulfonamides is 1. The predicted octanol–water partition coefficient (Wildman–Crippen LogP) is 1.84. The van der Waals surface area contributed by atoms with Crippen molar-refractivity contribution in [2.45, 2.75) is 11.8 Å². The number of benzene rings is 2. The number of nitrogen functional groups attached to an aromatic ring is 1. The number of nitrogens with zero attached hydrogens (tertiary/aromatic N) is 1. The van der Waals surface area contributed by atoms with E-state index in [9.17, 15) is 8.42 Å². The van der Waals surface area contributed by atoms with Gasteiger partial charge in [0.05, 0.1) is 27.9 Å². The van der Waals surface area contributed by atoms with Gasteiger partial charge in [-0.15, -0.1) is 0 Å². The number of hydrogen-bond donors (Lipinski definition) is 3. The van der Waals surface area contributed by atoms with Crippen LogP contribution in [0.5, 0.6) is 0 Å². The van der Waals surface area contributed by atoms with Gasteiger partial charge in [-0.2, -0.15) is 5.26 Å². The van der Waals surface area contributed by atoms with Crippen molar-refractivity contribution >= 4 is 27.1 Å². The zero-order chi connectivity index (χ0) is 15.6. The average molecular weight is 302 g/mol. The molecule has 21 heavy (non-hydrogen) atoms. The molecular weight excluding hydrogens is 288 g/mol. The molecule has 0 saturated carbocycles. The maximum absolute atomic E-state index is 11.3. The summed E-state index contributed by atoms with van der Waals surface area (Å²) in [5, 5.41) is 17.0. The van der Waals surface area contributed by atoms with Gasteiger partial charge in [0.2, 0.25) is 10.0 Å². The highest BCUT2D eigenvalue weighted by atomic mass is 32.2. The average Bonchev–Trinajstić information content (AvgIpc) is 2.42. The summed E-state index contributed by atoms with van der Waals surface area (Å²) >= 11 is 0. The van der Waals surface area contributed by atoms with Crippen molar-refractivity contribution in [3.63, 3.8) is 0 Å². The third-order valence-corrected chi connectivity index (χ3v) is 3.90. The quantitative estimate of drug-likeness (QED) is 0.747. The third-order valence-electron chi connectivity index (χ3n) is 2.99. The fourth-order valence-corrected chi connectivity index (χ4v) is 2.35. The normalized spacial score (nSPS) is 10.9. The molecule has 0 heterocycles. The molecule has 2 rings (SSSR count). The molecule has 0 aromatic heterocycles. The Morgan fingerprint density at radius 1 is 1.14 bits per heavy atom. The fourth-order valence-electron chi connectivity index (χ4n) is 1.80. The highest BCUT2D eigenvalue weighted by Gasteiger charge is 2.10. The van der Waals surface area contributed by atoms with Gasteiger partial charge in [0.1, 0.15) is 0 Å². The minimum atomic E-state index is -3.78. The number of rotatable bonds is 3. The summed E-state index contributed by atoms with van der Waals surface area (Å²) in [5.74, 6) is 0. The monoisotopic (exact) mass is 302 g/mol. The number of nitrogens with one attached hydrogen (secondary N) is 1. The van der Waals surface area contributed by atoms with Crippen LogP contribution in [0.4, 0.5) is 17.1 Å². The van der Waals surface area contributed by atoms with Gasteiger partial charge >= 0.3 is 0 Å². The highest BCUT2D eigenvalue weighted by molar-refractivity contribution is 7.89. The summed E-state index contributed by atoms with van der Waals surface area (Å²) in [6, 6.07) is 11.5. The van der Waals surface area contributed by atoms with Crippen LogP contribution in [0, 0.1) is 18.3 Å². The van der Waals surface area contributed by atoms with Gasteiger partial charge in [-0.25, -0.2) is 13.6 Å². The Balaban J connectivity index is 2.39. The van der Waals surface area contributed by atoms with E-state index in [4.69, 9.17) is 16.1 Å². The van der Waals surface area contributed by atoms with E-state index in [0.717, 1.165) is 11.3 Å². The van der Waals surface area contributed by atoms with Crippen LogP contribution in [-0.4, -0.2) is 8.42 Å². The molecule has 0 radical (unpaired) electrons. The van der Waals surface area contributed by atoms with Crippen LogP contribution in [0.2, 0.25) is 0 Å². The molecule has 108 valence electrons. The van der Waals surface area contributed by atoms with E-state index >= 15 is 0 Å². The molecule has 2 aromatic rings. The van der Waals surface area contributed by atoms with Crippen molar-refractivity contribution in [2.24, 2.45) is 5.14 Å². The smallest absolute Gasteiger partial charge is 0.238 e. The van der Waals surface area contributed by atoms with E-state index in [0.29, 0.717) is 11.3 Å².